The van der Waals surface area contributed by atoms with Crippen LogP contribution in [0.15, 0.2) is 12.4 Å². The number of fused-ring (bicyclic) bond motifs is 1. The van der Waals surface area contributed by atoms with Crippen molar-refractivity contribution < 1.29 is 14.6 Å². The van der Waals surface area contributed by atoms with Crippen LogP contribution in [0.2, 0.25) is 0 Å². The molecule has 2 N–H and O–H groups in total. The van der Waals surface area contributed by atoms with Gasteiger partial charge in [-0.2, -0.15) is 5.10 Å². The molecule has 114 valence electrons. The van der Waals surface area contributed by atoms with Gasteiger partial charge in [0.05, 0.1) is 23.9 Å². The summed E-state index contributed by atoms with van der Waals surface area (Å²) in [5.74, 6) is -1.01. The third-order valence-electron chi connectivity index (χ3n) is 3.18. The molecule has 2 heterocycles. The number of rotatable bonds is 8. The van der Waals surface area contributed by atoms with E-state index in [0.29, 0.717) is 29.9 Å². The molecule has 0 fully saturated rings. The second-order valence-electron chi connectivity index (χ2n) is 4.75. The monoisotopic (exact) mass is 292 g/mol. The van der Waals surface area contributed by atoms with Crippen LogP contribution in [0, 0.1) is 0 Å². The Hall–Kier alpha value is -2.15. The smallest absolute Gasteiger partial charge is 0.339 e. The van der Waals surface area contributed by atoms with Gasteiger partial charge in [-0.15, -0.1) is 0 Å². The van der Waals surface area contributed by atoms with Crippen LogP contribution in [-0.4, -0.2) is 45.6 Å². The van der Waals surface area contributed by atoms with Crippen molar-refractivity contribution in [2.24, 2.45) is 7.05 Å². The molecule has 0 bridgehead atoms. The highest BCUT2D eigenvalue weighted by atomic mass is 16.5. The molecule has 0 aromatic carbocycles. The highest BCUT2D eigenvalue weighted by molar-refractivity contribution is 6.03. The van der Waals surface area contributed by atoms with Gasteiger partial charge in [-0.05, 0) is 6.42 Å². The number of carbonyl (C=O) groups is 1. The number of hydrogen-bond acceptors (Lipinski definition) is 5. The third-order valence-corrected chi connectivity index (χ3v) is 3.18. The van der Waals surface area contributed by atoms with Gasteiger partial charge in [0.1, 0.15) is 5.56 Å². The van der Waals surface area contributed by atoms with E-state index in [0.717, 1.165) is 19.4 Å². The maximum atomic E-state index is 11.3. The Bertz CT molecular complexity index is 624. The number of carboxylic acids is 1. The summed E-state index contributed by atoms with van der Waals surface area (Å²) in [6.45, 7) is 3.90. The van der Waals surface area contributed by atoms with Gasteiger partial charge in [-0.1, -0.05) is 13.3 Å². The van der Waals surface area contributed by atoms with Gasteiger partial charge in [-0.25, -0.2) is 9.78 Å². The number of nitrogens with zero attached hydrogens (tertiary/aromatic N) is 3. The van der Waals surface area contributed by atoms with Crippen LogP contribution >= 0.6 is 0 Å². The van der Waals surface area contributed by atoms with E-state index >= 15 is 0 Å². The number of aromatic nitrogens is 3. The largest absolute Gasteiger partial charge is 0.478 e. The summed E-state index contributed by atoms with van der Waals surface area (Å²) in [6.07, 6.45) is 5.10. The average Bonchev–Trinajstić information content (AvgIpc) is 2.84. The van der Waals surface area contributed by atoms with Crippen molar-refractivity contribution in [3.05, 3.63) is 18.0 Å². The minimum atomic E-state index is -1.01. The van der Waals surface area contributed by atoms with E-state index in [1.165, 1.54) is 6.20 Å². The summed E-state index contributed by atoms with van der Waals surface area (Å²) in [4.78, 5) is 15.4. The molecule has 0 spiro atoms. The summed E-state index contributed by atoms with van der Waals surface area (Å²) >= 11 is 0. The first kappa shape index (κ1) is 15.2. The molecule has 0 radical (unpaired) electrons. The standard InChI is InChI=1S/C14H20N4O3/c1-3-4-6-21-7-5-15-12-10-9-17-18(2)13(10)16-8-11(12)14(19)20/h8-9H,3-7H2,1-2H3,(H,15,16)(H,19,20). The molecule has 0 atom stereocenters. The van der Waals surface area contributed by atoms with Gasteiger partial charge < -0.3 is 15.2 Å². The van der Waals surface area contributed by atoms with Gasteiger partial charge in [0, 0.05) is 26.4 Å². The lowest BCUT2D eigenvalue weighted by Crippen LogP contribution is -2.13. The maximum Gasteiger partial charge on any atom is 0.339 e. The van der Waals surface area contributed by atoms with E-state index in [9.17, 15) is 9.90 Å². The predicted octanol–water partition coefficient (Wildman–Crippen LogP) is 1.90. The van der Waals surface area contributed by atoms with E-state index in [2.05, 4.69) is 22.3 Å². The number of anilines is 1. The Morgan fingerprint density at radius 3 is 2.95 bits per heavy atom. The van der Waals surface area contributed by atoms with Crippen molar-refractivity contribution in [2.45, 2.75) is 19.8 Å². The van der Waals surface area contributed by atoms with Crippen molar-refractivity contribution >= 4 is 22.7 Å². The first-order valence-electron chi connectivity index (χ1n) is 7.00. The number of hydrogen-bond donors (Lipinski definition) is 2. The summed E-state index contributed by atoms with van der Waals surface area (Å²) in [5.41, 5.74) is 1.33. The summed E-state index contributed by atoms with van der Waals surface area (Å²) in [7, 11) is 1.77. The molecule has 0 aliphatic heterocycles. The molecule has 2 aromatic rings. The van der Waals surface area contributed by atoms with Crippen LogP contribution in [-0.2, 0) is 11.8 Å². The number of nitrogens with one attached hydrogen (secondary N) is 1. The normalized spacial score (nSPS) is 11.0. The fourth-order valence-corrected chi connectivity index (χ4v) is 2.05. The molecule has 7 nitrogen and oxygen atoms in total. The Balaban J connectivity index is 2.12. The van der Waals surface area contributed by atoms with Crippen LogP contribution in [0.4, 0.5) is 5.69 Å². The second kappa shape index (κ2) is 7.03. The second-order valence-corrected chi connectivity index (χ2v) is 4.75. The molecule has 0 saturated heterocycles. The van der Waals surface area contributed by atoms with Crippen LogP contribution in [0.5, 0.6) is 0 Å². The van der Waals surface area contributed by atoms with Crippen molar-refractivity contribution in [3.8, 4) is 0 Å². The zero-order chi connectivity index (χ0) is 15.2. The van der Waals surface area contributed by atoms with E-state index in [1.807, 2.05) is 0 Å². The van der Waals surface area contributed by atoms with Crippen LogP contribution in [0.3, 0.4) is 0 Å². The lowest BCUT2D eigenvalue weighted by atomic mass is 10.2. The maximum absolute atomic E-state index is 11.3. The summed E-state index contributed by atoms with van der Waals surface area (Å²) in [6, 6.07) is 0. The van der Waals surface area contributed by atoms with E-state index in [-0.39, 0.29) is 5.56 Å². The van der Waals surface area contributed by atoms with Crippen LogP contribution < -0.4 is 5.32 Å². The average molecular weight is 292 g/mol. The highest BCUT2D eigenvalue weighted by Gasteiger charge is 2.16. The highest BCUT2D eigenvalue weighted by Crippen LogP contribution is 2.25. The third kappa shape index (κ3) is 3.49. The van der Waals surface area contributed by atoms with Gasteiger partial charge in [-0.3, -0.25) is 4.68 Å². The van der Waals surface area contributed by atoms with Gasteiger partial charge in [0.25, 0.3) is 0 Å². The van der Waals surface area contributed by atoms with E-state index in [4.69, 9.17) is 4.74 Å². The first-order chi connectivity index (χ1) is 10.1. The fourth-order valence-electron chi connectivity index (χ4n) is 2.05. The predicted molar refractivity (Wildman–Crippen MR) is 79.7 cm³/mol. The Labute approximate surface area is 122 Å². The lowest BCUT2D eigenvalue weighted by molar-refractivity contribution is 0.0697. The zero-order valence-electron chi connectivity index (χ0n) is 12.3. The molecular weight excluding hydrogens is 272 g/mol. The van der Waals surface area contributed by atoms with E-state index < -0.39 is 5.97 Å². The number of aromatic carboxylic acids is 1. The van der Waals surface area contributed by atoms with Crippen LogP contribution in [0.25, 0.3) is 11.0 Å². The molecule has 0 amide bonds. The Kier molecular flexibility index (Phi) is 5.10. The minimum Gasteiger partial charge on any atom is -0.478 e. The zero-order valence-corrected chi connectivity index (χ0v) is 12.3. The number of ether oxygens (including phenoxy) is 1. The molecule has 0 saturated carbocycles. The number of pyridine rings is 1. The Morgan fingerprint density at radius 1 is 1.43 bits per heavy atom. The molecule has 7 heteroatoms. The molecule has 0 aliphatic carbocycles. The van der Waals surface area contributed by atoms with Gasteiger partial charge >= 0.3 is 5.97 Å². The lowest BCUT2D eigenvalue weighted by Gasteiger charge is -2.11. The molecule has 21 heavy (non-hydrogen) atoms. The molecular formula is C14H20N4O3. The summed E-state index contributed by atoms with van der Waals surface area (Å²) < 4.78 is 7.08. The van der Waals surface area contributed by atoms with Crippen molar-refractivity contribution in [2.75, 3.05) is 25.1 Å². The first-order valence-corrected chi connectivity index (χ1v) is 7.00. The molecule has 0 unspecified atom stereocenters. The number of carboxylic acid groups (broad SMARTS) is 1. The minimum absolute atomic E-state index is 0.143. The molecule has 2 rings (SSSR count). The van der Waals surface area contributed by atoms with Crippen LogP contribution in [0.1, 0.15) is 30.1 Å². The number of unbranched alkanes of at least 4 members (excludes halogenated alkanes) is 1. The van der Waals surface area contributed by atoms with Crippen molar-refractivity contribution in [3.63, 3.8) is 0 Å². The molecule has 0 aliphatic rings. The topological polar surface area (TPSA) is 89.3 Å². The number of aryl methyl sites for hydroxylation is 1. The summed E-state index contributed by atoms with van der Waals surface area (Å²) in [5, 5.41) is 17.2. The fraction of sp³-hybridized carbons (Fsp3) is 0.500. The van der Waals surface area contributed by atoms with Gasteiger partial charge in [0.2, 0.25) is 0 Å². The SMILES string of the molecule is CCCCOCCNc1c(C(=O)O)cnc2c1cnn2C. The Morgan fingerprint density at radius 2 is 2.24 bits per heavy atom. The van der Waals surface area contributed by atoms with Crippen molar-refractivity contribution in [1.82, 2.24) is 14.8 Å². The van der Waals surface area contributed by atoms with Crippen molar-refractivity contribution in [1.29, 1.82) is 0 Å². The van der Waals surface area contributed by atoms with E-state index in [1.54, 1.807) is 17.9 Å². The quantitative estimate of drug-likeness (QED) is 0.722. The van der Waals surface area contributed by atoms with Gasteiger partial charge in [0.15, 0.2) is 5.65 Å². The molecule has 2 aromatic heterocycles.